The summed E-state index contributed by atoms with van der Waals surface area (Å²) in [5.74, 6) is -0.741. The standard InChI is InChI=1S/C21H18ClN3O7/c1-3-31-20(26)12-32-18-7-4-13(9-19(18)30-2)8-14(11-23)21(27)24-17-6-5-15(25(28)29)10-16(17)22/h4-10H,3,12H2,1-2H3,(H,24,27). The van der Waals surface area contributed by atoms with Crippen LogP contribution in [0.1, 0.15) is 12.5 Å². The highest BCUT2D eigenvalue weighted by molar-refractivity contribution is 6.34. The van der Waals surface area contributed by atoms with Crippen LogP contribution in [0.25, 0.3) is 6.08 Å². The minimum absolute atomic E-state index is 0.0467. The molecule has 0 bridgehead atoms. The summed E-state index contributed by atoms with van der Waals surface area (Å²) in [6.07, 6.45) is 1.31. The van der Waals surface area contributed by atoms with Crippen molar-refractivity contribution in [2.45, 2.75) is 6.92 Å². The molecule has 11 heteroatoms. The van der Waals surface area contributed by atoms with Gasteiger partial charge in [-0.15, -0.1) is 0 Å². The second-order valence-electron chi connectivity index (χ2n) is 6.05. The third-order valence-corrected chi connectivity index (χ3v) is 4.24. The molecule has 0 saturated carbocycles. The summed E-state index contributed by atoms with van der Waals surface area (Å²) in [5.41, 5.74) is 0.0821. The fourth-order valence-electron chi connectivity index (χ4n) is 2.46. The number of rotatable bonds is 9. The van der Waals surface area contributed by atoms with E-state index in [0.717, 1.165) is 6.07 Å². The van der Waals surface area contributed by atoms with Crippen molar-refractivity contribution in [1.82, 2.24) is 0 Å². The van der Waals surface area contributed by atoms with Gasteiger partial charge in [-0.2, -0.15) is 5.26 Å². The zero-order chi connectivity index (χ0) is 23.7. The van der Waals surface area contributed by atoms with Crippen molar-refractivity contribution in [1.29, 1.82) is 5.26 Å². The number of methoxy groups -OCH3 is 1. The number of esters is 1. The average Bonchev–Trinajstić information content (AvgIpc) is 2.77. The van der Waals surface area contributed by atoms with Gasteiger partial charge in [0.15, 0.2) is 18.1 Å². The van der Waals surface area contributed by atoms with Crippen LogP contribution in [0.4, 0.5) is 11.4 Å². The highest BCUT2D eigenvalue weighted by Crippen LogP contribution is 2.30. The molecule has 0 atom stereocenters. The van der Waals surface area contributed by atoms with Crippen molar-refractivity contribution in [3.63, 3.8) is 0 Å². The van der Waals surface area contributed by atoms with Gasteiger partial charge in [0.1, 0.15) is 11.6 Å². The molecule has 166 valence electrons. The van der Waals surface area contributed by atoms with Crippen LogP contribution in [0.15, 0.2) is 42.0 Å². The lowest BCUT2D eigenvalue weighted by molar-refractivity contribution is -0.384. The van der Waals surface area contributed by atoms with E-state index >= 15 is 0 Å². The lowest BCUT2D eigenvalue weighted by Gasteiger charge is -2.11. The minimum atomic E-state index is -0.759. The monoisotopic (exact) mass is 459 g/mol. The van der Waals surface area contributed by atoms with Gasteiger partial charge in [-0.1, -0.05) is 17.7 Å². The zero-order valence-corrected chi connectivity index (χ0v) is 17.8. The van der Waals surface area contributed by atoms with Crippen LogP contribution in [0, 0.1) is 21.4 Å². The molecule has 2 rings (SSSR count). The molecule has 2 aromatic rings. The van der Waals surface area contributed by atoms with E-state index in [1.54, 1.807) is 19.1 Å². The van der Waals surface area contributed by atoms with E-state index in [0.29, 0.717) is 5.56 Å². The van der Waals surface area contributed by atoms with Gasteiger partial charge in [0.2, 0.25) is 0 Å². The highest BCUT2D eigenvalue weighted by Gasteiger charge is 2.15. The second kappa shape index (κ2) is 11.3. The van der Waals surface area contributed by atoms with E-state index in [4.69, 9.17) is 25.8 Å². The Labute approximate surface area is 188 Å². The van der Waals surface area contributed by atoms with Gasteiger partial charge >= 0.3 is 5.97 Å². The third-order valence-electron chi connectivity index (χ3n) is 3.93. The highest BCUT2D eigenvalue weighted by atomic mass is 35.5. The number of amides is 1. The van der Waals surface area contributed by atoms with Gasteiger partial charge in [-0.25, -0.2) is 4.79 Å². The van der Waals surface area contributed by atoms with Crippen LogP contribution in [-0.4, -0.2) is 37.1 Å². The number of hydrogen-bond acceptors (Lipinski definition) is 8. The van der Waals surface area contributed by atoms with Crippen molar-refractivity contribution in [2.75, 3.05) is 25.6 Å². The molecule has 0 aliphatic heterocycles. The molecule has 0 aromatic heterocycles. The van der Waals surface area contributed by atoms with Gasteiger partial charge in [0.25, 0.3) is 11.6 Å². The Balaban J connectivity index is 2.19. The summed E-state index contributed by atoms with van der Waals surface area (Å²) in [7, 11) is 1.40. The van der Waals surface area contributed by atoms with Gasteiger partial charge in [-0.3, -0.25) is 14.9 Å². The number of nitro benzene ring substituents is 1. The number of carbonyl (C=O) groups excluding carboxylic acids is 2. The number of ether oxygens (including phenoxy) is 3. The molecular weight excluding hydrogens is 442 g/mol. The van der Waals surface area contributed by atoms with Crippen molar-refractivity contribution in [3.05, 3.63) is 62.7 Å². The van der Waals surface area contributed by atoms with E-state index < -0.39 is 16.8 Å². The van der Waals surface area contributed by atoms with Crippen LogP contribution in [-0.2, 0) is 14.3 Å². The largest absolute Gasteiger partial charge is 0.493 e. The summed E-state index contributed by atoms with van der Waals surface area (Å²) < 4.78 is 15.4. The first-order valence-electron chi connectivity index (χ1n) is 9.12. The summed E-state index contributed by atoms with van der Waals surface area (Å²) in [5, 5.41) is 22.6. The molecule has 0 aliphatic rings. The van der Waals surface area contributed by atoms with Crippen LogP contribution in [0.3, 0.4) is 0 Å². The van der Waals surface area contributed by atoms with Crippen LogP contribution >= 0.6 is 11.6 Å². The molecule has 0 radical (unpaired) electrons. The quantitative estimate of drug-likeness (QED) is 0.196. The normalized spacial score (nSPS) is 10.6. The number of nitrogens with one attached hydrogen (secondary N) is 1. The number of halogens is 1. The van der Waals surface area contributed by atoms with E-state index in [2.05, 4.69) is 5.32 Å². The van der Waals surface area contributed by atoms with Crippen molar-refractivity contribution in [2.24, 2.45) is 0 Å². The third kappa shape index (κ3) is 6.45. The van der Waals surface area contributed by atoms with Crippen molar-refractivity contribution >= 4 is 40.9 Å². The molecule has 0 aliphatic carbocycles. The molecular formula is C21H18ClN3O7. The maximum absolute atomic E-state index is 12.5. The maximum Gasteiger partial charge on any atom is 0.344 e. The lowest BCUT2D eigenvalue weighted by atomic mass is 10.1. The first-order chi connectivity index (χ1) is 15.3. The zero-order valence-electron chi connectivity index (χ0n) is 17.1. The Morgan fingerprint density at radius 1 is 1.25 bits per heavy atom. The first-order valence-corrected chi connectivity index (χ1v) is 9.50. The SMILES string of the molecule is CCOC(=O)COc1ccc(C=C(C#N)C(=O)Nc2ccc([N+](=O)[O-])cc2Cl)cc1OC. The molecule has 10 nitrogen and oxygen atoms in total. The van der Waals surface area contributed by atoms with E-state index in [-0.39, 0.29) is 46.7 Å². The van der Waals surface area contributed by atoms with E-state index in [1.807, 2.05) is 0 Å². The summed E-state index contributed by atoms with van der Waals surface area (Å²) in [4.78, 5) is 34.1. The van der Waals surface area contributed by atoms with Crippen LogP contribution < -0.4 is 14.8 Å². The second-order valence-corrected chi connectivity index (χ2v) is 6.46. The van der Waals surface area contributed by atoms with Gasteiger partial charge in [0.05, 0.1) is 29.4 Å². The molecule has 1 N–H and O–H groups in total. The van der Waals surface area contributed by atoms with Gasteiger partial charge in [-0.05, 0) is 36.8 Å². The molecule has 32 heavy (non-hydrogen) atoms. The van der Waals surface area contributed by atoms with Crippen LogP contribution in [0.5, 0.6) is 11.5 Å². The Morgan fingerprint density at radius 3 is 2.59 bits per heavy atom. The molecule has 0 unspecified atom stereocenters. The first kappa shape index (κ1) is 24.2. The number of benzene rings is 2. The molecule has 0 saturated heterocycles. The molecule has 2 aromatic carbocycles. The van der Waals surface area contributed by atoms with Crippen molar-refractivity contribution in [3.8, 4) is 17.6 Å². The number of non-ortho nitro benzene ring substituents is 1. The molecule has 0 heterocycles. The number of anilines is 1. The minimum Gasteiger partial charge on any atom is -0.493 e. The fraction of sp³-hybridized carbons (Fsp3) is 0.190. The average molecular weight is 460 g/mol. The maximum atomic E-state index is 12.5. The molecule has 1 amide bonds. The van der Waals surface area contributed by atoms with Gasteiger partial charge < -0.3 is 19.5 Å². The Morgan fingerprint density at radius 2 is 2.00 bits per heavy atom. The fourth-order valence-corrected chi connectivity index (χ4v) is 2.68. The predicted octanol–water partition coefficient (Wildman–Crippen LogP) is 3.74. The van der Waals surface area contributed by atoms with Crippen LogP contribution in [0.2, 0.25) is 5.02 Å². The Kier molecular flexibility index (Phi) is 8.56. The summed E-state index contributed by atoms with van der Waals surface area (Å²) >= 11 is 5.97. The number of nitriles is 1. The summed E-state index contributed by atoms with van der Waals surface area (Å²) in [6.45, 7) is 1.60. The number of nitro groups is 1. The van der Waals surface area contributed by atoms with E-state index in [1.165, 1.54) is 37.5 Å². The number of nitrogens with zero attached hydrogens (tertiary/aromatic N) is 2. The lowest BCUT2D eigenvalue weighted by Crippen LogP contribution is -2.15. The van der Waals surface area contributed by atoms with E-state index in [9.17, 15) is 25.0 Å². The van der Waals surface area contributed by atoms with Gasteiger partial charge in [0, 0.05) is 12.1 Å². The number of hydrogen-bond donors (Lipinski definition) is 1. The molecule has 0 spiro atoms. The predicted molar refractivity (Wildman–Crippen MR) is 115 cm³/mol. The topological polar surface area (TPSA) is 141 Å². The smallest absolute Gasteiger partial charge is 0.344 e. The Hall–Kier alpha value is -4.10. The Bertz CT molecular complexity index is 1110. The number of carbonyl (C=O) groups is 2. The van der Waals surface area contributed by atoms with Crippen molar-refractivity contribution < 1.29 is 28.7 Å². The summed E-state index contributed by atoms with van der Waals surface area (Å²) in [6, 6.07) is 9.93. The molecule has 0 fully saturated rings.